The molecule has 2 N–H and O–H groups in total. The van der Waals surface area contributed by atoms with Crippen LogP contribution in [0.3, 0.4) is 0 Å². The van der Waals surface area contributed by atoms with Gasteiger partial charge >= 0.3 is 0 Å². The lowest BCUT2D eigenvalue weighted by Crippen LogP contribution is -2.10. The van der Waals surface area contributed by atoms with Gasteiger partial charge in [0.1, 0.15) is 0 Å². The van der Waals surface area contributed by atoms with Gasteiger partial charge in [0.05, 0.1) is 22.5 Å². The second-order valence-corrected chi connectivity index (χ2v) is 6.66. The molecule has 5 nitrogen and oxygen atoms in total. The van der Waals surface area contributed by atoms with Gasteiger partial charge in [-0.25, -0.2) is 4.99 Å². The predicted octanol–water partition coefficient (Wildman–Crippen LogP) is 3.44. The number of aromatic hydroxyl groups is 1. The third-order valence-corrected chi connectivity index (χ3v) is 4.43. The van der Waals surface area contributed by atoms with Crippen molar-refractivity contribution in [3.8, 4) is 17.1 Å². The normalized spacial score (nSPS) is 13.2. The summed E-state index contributed by atoms with van der Waals surface area (Å²) in [6.07, 6.45) is 0. The van der Waals surface area contributed by atoms with E-state index >= 15 is 0 Å². The second kappa shape index (κ2) is 6.28. The Morgan fingerprint density at radius 2 is 1.65 bits per heavy atom. The van der Waals surface area contributed by atoms with Gasteiger partial charge in [0.15, 0.2) is 5.88 Å². The van der Waals surface area contributed by atoms with Crippen molar-refractivity contribution in [1.82, 2.24) is 9.88 Å². The maximum atomic E-state index is 12.5. The van der Waals surface area contributed by atoms with Crippen molar-refractivity contribution in [1.29, 1.82) is 0 Å². The van der Waals surface area contributed by atoms with Crippen LogP contribution in [-0.2, 0) is 6.54 Å². The third kappa shape index (κ3) is 2.72. The number of hydrogen-bond acceptors (Lipinski definition) is 3. The number of carbonyl (C=O) groups is 1. The molecule has 1 aliphatic rings. The molecule has 4 rings (SSSR count). The predicted molar refractivity (Wildman–Crippen MR) is 102 cm³/mol. The molecule has 1 aromatic heterocycles. The lowest BCUT2D eigenvalue weighted by molar-refractivity contribution is 0.101. The number of nitrogens with one attached hydrogen (secondary N) is 1. The summed E-state index contributed by atoms with van der Waals surface area (Å²) in [5, 5.41) is 10.4. The maximum absolute atomic E-state index is 12.5. The van der Waals surface area contributed by atoms with E-state index in [9.17, 15) is 9.90 Å². The maximum Gasteiger partial charge on any atom is 0.280 e. The minimum Gasteiger partial charge on any atom is -0.494 e. The lowest BCUT2D eigenvalue weighted by atomic mass is 9.99. The fraction of sp³-hybridized carbons (Fsp3) is 0.143. The first-order chi connectivity index (χ1) is 12.5. The van der Waals surface area contributed by atoms with E-state index in [1.54, 1.807) is 0 Å². The van der Waals surface area contributed by atoms with Crippen LogP contribution in [0, 0.1) is 0 Å². The Labute approximate surface area is 151 Å². The minimum atomic E-state index is -0.331. The fourth-order valence-corrected chi connectivity index (χ4v) is 3.31. The monoisotopic (exact) mass is 345 g/mol. The van der Waals surface area contributed by atoms with Crippen molar-refractivity contribution >= 4 is 11.6 Å². The first-order valence-electron chi connectivity index (χ1n) is 8.42. The van der Waals surface area contributed by atoms with Crippen molar-refractivity contribution in [2.75, 3.05) is 14.1 Å². The molecule has 0 saturated heterocycles. The van der Waals surface area contributed by atoms with Crippen LogP contribution in [0.5, 0.6) is 5.88 Å². The molecule has 2 aromatic carbocycles. The first-order valence-corrected chi connectivity index (χ1v) is 8.42. The summed E-state index contributed by atoms with van der Waals surface area (Å²) in [6.45, 7) is 0.838. The van der Waals surface area contributed by atoms with Gasteiger partial charge in [-0.2, -0.15) is 0 Å². The lowest BCUT2D eigenvalue weighted by Gasteiger charge is -2.10. The number of benzene rings is 2. The van der Waals surface area contributed by atoms with E-state index in [4.69, 9.17) is 0 Å². The summed E-state index contributed by atoms with van der Waals surface area (Å²) >= 11 is 0. The van der Waals surface area contributed by atoms with Crippen LogP contribution in [0.15, 0.2) is 59.6 Å². The van der Waals surface area contributed by atoms with Gasteiger partial charge in [0.2, 0.25) is 0 Å². The molecule has 0 spiro atoms. The molecule has 0 atom stereocenters. The van der Waals surface area contributed by atoms with Crippen molar-refractivity contribution in [3.63, 3.8) is 0 Å². The molecule has 3 aromatic rings. The molecule has 0 unspecified atom stereocenters. The van der Waals surface area contributed by atoms with Crippen LogP contribution < -0.4 is 0 Å². The number of carbonyl (C=O) groups excluding carboxylic acids is 1. The highest BCUT2D eigenvalue weighted by Gasteiger charge is 2.33. The van der Waals surface area contributed by atoms with Gasteiger partial charge in [-0.1, -0.05) is 54.6 Å². The second-order valence-electron chi connectivity index (χ2n) is 6.66. The number of amides is 1. The minimum absolute atomic E-state index is 0.0270. The van der Waals surface area contributed by atoms with Crippen LogP contribution in [0.1, 0.15) is 27.0 Å². The van der Waals surface area contributed by atoms with E-state index in [-0.39, 0.29) is 11.8 Å². The van der Waals surface area contributed by atoms with Crippen molar-refractivity contribution in [3.05, 3.63) is 76.9 Å². The number of hydrogen-bond donors (Lipinski definition) is 2. The van der Waals surface area contributed by atoms with Crippen LogP contribution in [0.25, 0.3) is 11.3 Å². The highest BCUT2D eigenvalue weighted by Crippen LogP contribution is 2.37. The number of aliphatic imine (C=N–C) groups is 1. The van der Waals surface area contributed by atoms with Gasteiger partial charge in [-0.15, -0.1) is 0 Å². The van der Waals surface area contributed by atoms with Crippen molar-refractivity contribution < 1.29 is 9.90 Å². The summed E-state index contributed by atoms with van der Waals surface area (Å²) in [5.41, 5.74) is 4.86. The first kappa shape index (κ1) is 16.3. The van der Waals surface area contributed by atoms with E-state index in [1.807, 2.05) is 68.7 Å². The number of fused-ring (bicyclic) bond motifs is 1. The Morgan fingerprint density at radius 1 is 0.962 bits per heavy atom. The Kier molecular flexibility index (Phi) is 3.93. The van der Waals surface area contributed by atoms with E-state index in [1.165, 1.54) is 5.56 Å². The SMILES string of the molecule is CN(C)Cc1ccc(C2=NC(=O)c3c(-c4ccccc4)[nH]c(O)c32)cc1. The zero-order chi connectivity index (χ0) is 18.3. The van der Waals surface area contributed by atoms with Crippen LogP contribution in [-0.4, -0.2) is 40.7 Å². The number of rotatable bonds is 4. The molecule has 5 heteroatoms. The molecule has 130 valence electrons. The summed E-state index contributed by atoms with van der Waals surface area (Å²) in [7, 11) is 4.03. The average molecular weight is 345 g/mol. The molecule has 0 aliphatic carbocycles. The molecule has 26 heavy (non-hydrogen) atoms. The average Bonchev–Trinajstić information content (AvgIpc) is 3.15. The number of aromatic amines is 1. The van der Waals surface area contributed by atoms with Crippen molar-refractivity contribution in [2.45, 2.75) is 6.54 Å². The van der Waals surface area contributed by atoms with E-state index in [2.05, 4.69) is 14.9 Å². The standard InChI is InChI=1S/C21H19N3O2/c1-24(2)12-13-8-10-15(11-9-13)19-17-16(20(25)23-19)18(22-21(17)26)14-6-4-3-5-7-14/h3-11,22,26H,12H2,1-2H3. The molecule has 2 heterocycles. The van der Waals surface area contributed by atoms with Gasteiger partial charge < -0.3 is 15.0 Å². The number of H-pyrrole nitrogens is 1. The van der Waals surface area contributed by atoms with Gasteiger partial charge in [-0.05, 0) is 25.2 Å². The molecule has 0 saturated carbocycles. The number of nitrogens with zero attached hydrogens (tertiary/aromatic N) is 2. The van der Waals surface area contributed by atoms with E-state index in [0.29, 0.717) is 22.5 Å². The van der Waals surface area contributed by atoms with Crippen LogP contribution in [0.4, 0.5) is 0 Å². The zero-order valence-corrected chi connectivity index (χ0v) is 14.7. The Hall–Kier alpha value is -3.18. The topological polar surface area (TPSA) is 68.7 Å². The van der Waals surface area contributed by atoms with Gasteiger partial charge in [0, 0.05) is 12.1 Å². The smallest absolute Gasteiger partial charge is 0.280 e. The van der Waals surface area contributed by atoms with E-state index < -0.39 is 0 Å². The third-order valence-electron chi connectivity index (χ3n) is 4.43. The molecule has 1 aliphatic heterocycles. The van der Waals surface area contributed by atoms with Crippen LogP contribution >= 0.6 is 0 Å². The highest BCUT2D eigenvalue weighted by molar-refractivity contribution is 6.30. The summed E-state index contributed by atoms with van der Waals surface area (Å²) in [5.74, 6) is -0.358. The van der Waals surface area contributed by atoms with Crippen molar-refractivity contribution in [2.24, 2.45) is 4.99 Å². The molecular formula is C21H19N3O2. The Bertz CT molecular complexity index is 1000. The largest absolute Gasteiger partial charge is 0.494 e. The van der Waals surface area contributed by atoms with Crippen LogP contribution in [0.2, 0.25) is 0 Å². The highest BCUT2D eigenvalue weighted by atomic mass is 16.3. The molecule has 0 fully saturated rings. The molecule has 0 bridgehead atoms. The quantitative estimate of drug-likeness (QED) is 0.761. The summed E-state index contributed by atoms with van der Waals surface area (Å²) in [6, 6.07) is 17.4. The molecule has 1 amide bonds. The zero-order valence-electron chi connectivity index (χ0n) is 14.7. The fourth-order valence-electron chi connectivity index (χ4n) is 3.31. The van der Waals surface area contributed by atoms with Gasteiger partial charge in [0.25, 0.3) is 5.91 Å². The summed E-state index contributed by atoms with van der Waals surface area (Å²) in [4.78, 5) is 21.8. The van der Waals surface area contributed by atoms with E-state index in [0.717, 1.165) is 17.7 Å². The number of aromatic nitrogens is 1. The Balaban J connectivity index is 1.76. The Morgan fingerprint density at radius 3 is 2.31 bits per heavy atom. The summed E-state index contributed by atoms with van der Waals surface area (Å²) < 4.78 is 0. The molecule has 0 radical (unpaired) electrons. The molecular weight excluding hydrogens is 326 g/mol. The van der Waals surface area contributed by atoms with Gasteiger partial charge in [-0.3, -0.25) is 4.79 Å².